The first kappa shape index (κ1) is 15.7. The molecule has 1 heterocycles. The fourth-order valence-corrected chi connectivity index (χ4v) is 4.64. The Kier molecular flexibility index (Phi) is 5.27. The van der Waals surface area contributed by atoms with Crippen molar-refractivity contribution in [1.29, 1.82) is 0 Å². The summed E-state index contributed by atoms with van der Waals surface area (Å²) < 4.78 is 0. The number of hydrogen-bond acceptors (Lipinski definition) is 3. The van der Waals surface area contributed by atoms with Crippen molar-refractivity contribution in [3.05, 3.63) is 48.6 Å². The number of allylic oxidation sites excluding steroid dienone is 2. The molecule has 1 aliphatic heterocycles. The molecule has 3 heteroatoms. The van der Waals surface area contributed by atoms with Gasteiger partial charge in [0.2, 0.25) is 0 Å². The largest absolute Gasteiger partial charge is 0.363 e. The van der Waals surface area contributed by atoms with Gasteiger partial charge < -0.3 is 9.80 Å². The van der Waals surface area contributed by atoms with Crippen LogP contribution in [0.25, 0.3) is 0 Å². The van der Waals surface area contributed by atoms with E-state index in [9.17, 15) is 0 Å². The molecule has 0 saturated carbocycles. The highest BCUT2D eigenvalue weighted by Crippen LogP contribution is 2.43. The van der Waals surface area contributed by atoms with Gasteiger partial charge in [-0.3, -0.25) is 0 Å². The fourth-order valence-electron chi connectivity index (χ4n) is 3.34. The molecule has 1 aromatic rings. The van der Waals surface area contributed by atoms with E-state index in [4.69, 9.17) is 0 Å². The van der Waals surface area contributed by atoms with Crippen LogP contribution in [0.2, 0.25) is 0 Å². The van der Waals surface area contributed by atoms with Crippen LogP contribution in [0.4, 0.5) is 5.69 Å². The van der Waals surface area contributed by atoms with Crippen LogP contribution in [-0.2, 0) is 0 Å². The Hall–Kier alpha value is -1.19. The van der Waals surface area contributed by atoms with E-state index in [0.717, 1.165) is 19.6 Å². The maximum Gasteiger partial charge on any atom is 0.0634 e. The minimum atomic E-state index is 0.501. The lowest BCUT2D eigenvalue weighted by Crippen LogP contribution is -2.45. The summed E-state index contributed by atoms with van der Waals surface area (Å²) >= 11 is 2.00. The van der Waals surface area contributed by atoms with Gasteiger partial charge in [-0.15, -0.1) is 11.8 Å². The minimum Gasteiger partial charge on any atom is -0.363 e. The van der Waals surface area contributed by atoms with Gasteiger partial charge in [0.1, 0.15) is 0 Å². The molecule has 2 unspecified atom stereocenters. The van der Waals surface area contributed by atoms with E-state index >= 15 is 0 Å². The van der Waals surface area contributed by atoms with E-state index in [0.29, 0.717) is 11.3 Å². The minimum absolute atomic E-state index is 0.501. The van der Waals surface area contributed by atoms with Gasteiger partial charge in [0.25, 0.3) is 0 Å². The highest BCUT2D eigenvalue weighted by molar-refractivity contribution is 8.00. The molecule has 0 amide bonds. The molecule has 0 bridgehead atoms. The average Bonchev–Trinajstić information content (AvgIpc) is 2.58. The molecule has 0 saturated heterocycles. The first-order chi connectivity index (χ1) is 10.8. The third kappa shape index (κ3) is 3.26. The highest BCUT2D eigenvalue weighted by Gasteiger charge is 2.32. The average molecular weight is 314 g/mol. The molecule has 2 nitrogen and oxygen atoms in total. The summed E-state index contributed by atoms with van der Waals surface area (Å²) in [5.41, 5.74) is 1.41. The van der Waals surface area contributed by atoms with Crippen LogP contribution in [0, 0.1) is 0 Å². The summed E-state index contributed by atoms with van der Waals surface area (Å²) in [6.45, 7) is 9.13. The van der Waals surface area contributed by atoms with Crippen molar-refractivity contribution in [3.8, 4) is 0 Å². The number of rotatable bonds is 6. The van der Waals surface area contributed by atoms with E-state index in [1.165, 1.54) is 23.5 Å². The van der Waals surface area contributed by atoms with Gasteiger partial charge in [-0.05, 0) is 38.2 Å². The number of hydrogen-bond donors (Lipinski definition) is 0. The van der Waals surface area contributed by atoms with Gasteiger partial charge in [0.05, 0.1) is 17.0 Å². The van der Waals surface area contributed by atoms with Gasteiger partial charge in [-0.1, -0.05) is 50.3 Å². The maximum atomic E-state index is 2.61. The Morgan fingerprint density at radius 2 is 1.86 bits per heavy atom. The van der Waals surface area contributed by atoms with Crippen LogP contribution >= 0.6 is 11.8 Å². The molecule has 2 atom stereocenters. The molecule has 3 rings (SSSR count). The monoisotopic (exact) mass is 314 g/mol. The van der Waals surface area contributed by atoms with Crippen molar-refractivity contribution < 1.29 is 0 Å². The number of fused-ring (bicyclic) bond motifs is 2. The van der Waals surface area contributed by atoms with Gasteiger partial charge in [0.15, 0.2) is 0 Å². The van der Waals surface area contributed by atoms with Gasteiger partial charge in [-0.25, -0.2) is 0 Å². The summed E-state index contributed by atoms with van der Waals surface area (Å²) in [7, 11) is 0. The third-order valence-corrected chi connectivity index (χ3v) is 5.93. The normalized spacial score (nSPS) is 22.8. The Morgan fingerprint density at radius 1 is 1.09 bits per heavy atom. The fraction of sp³-hybridized carbons (Fsp3) is 0.474. The SMILES string of the molecule is CCN(CC)CCCN1c2ccccc2SC2C=CC=CC21. The number of nitrogens with zero attached hydrogens (tertiary/aromatic N) is 2. The summed E-state index contributed by atoms with van der Waals surface area (Å²) in [6, 6.07) is 9.37. The molecule has 0 spiro atoms. The molecule has 0 aromatic heterocycles. The first-order valence-corrected chi connectivity index (χ1v) is 9.31. The predicted octanol–water partition coefficient (Wildman–Crippen LogP) is 4.19. The van der Waals surface area contributed by atoms with E-state index in [-0.39, 0.29) is 0 Å². The Labute approximate surface area is 138 Å². The molecular formula is C19H26N2S. The summed E-state index contributed by atoms with van der Waals surface area (Å²) in [4.78, 5) is 6.55. The second-order valence-corrected chi connectivity index (χ2v) is 7.10. The highest BCUT2D eigenvalue weighted by atomic mass is 32.2. The second-order valence-electron chi connectivity index (χ2n) is 5.88. The quantitative estimate of drug-likeness (QED) is 0.777. The van der Waals surface area contributed by atoms with E-state index in [2.05, 4.69) is 72.2 Å². The maximum absolute atomic E-state index is 2.61. The molecule has 0 fully saturated rings. The molecule has 22 heavy (non-hydrogen) atoms. The van der Waals surface area contributed by atoms with Crippen molar-refractivity contribution in [3.63, 3.8) is 0 Å². The second kappa shape index (κ2) is 7.38. The number of anilines is 1. The summed E-state index contributed by atoms with van der Waals surface area (Å²) in [6.07, 6.45) is 10.3. The molecule has 1 aromatic carbocycles. The molecule has 2 aliphatic rings. The zero-order chi connectivity index (χ0) is 15.4. The van der Waals surface area contributed by atoms with Crippen LogP contribution < -0.4 is 4.90 Å². The summed E-state index contributed by atoms with van der Waals surface area (Å²) in [5.74, 6) is 0. The van der Waals surface area contributed by atoms with Gasteiger partial charge in [0, 0.05) is 11.4 Å². The van der Waals surface area contributed by atoms with E-state index < -0.39 is 0 Å². The molecule has 0 N–H and O–H groups in total. The topological polar surface area (TPSA) is 6.48 Å². The smallest absolute Gasteiger partial charge is 0.0634 e. The molecule has 0 radical (unpaired) electrons. The lowest BCUT2D eigenvalue weighted by Gasteiger charge is -2.42. The lowest BCUT2D eigenvalue weighted by atomic mass is 10.0. The number of thioether (sulfide) groups is 1. The Balaban J connectivity index is 1.75. The van der Waals surface area contributed by atoms with E-state index in [1.54, 1.807) is 0 Å². The molecule has 1 aliphatic carbocycles. The Morgan fingerprint density at radius 3 is 2.68 bits per heavy atom. The van der Waals surface area contributed by atoms with Crippen LogP contribution in [0.3, 0.4) is 0 Å². The number of benzene rings is 1. The lowest BCUT2D eigenvalue weighted by molar-refractivity contribution is 0.300. The Bertz CT molecular complexity index is 548. The zero-order valence-electron chi connectivity index (χ0n) is 13.6. The van der Waals surface area contributed by atoms with Crippen molar-refractivity contribution in [2.75, 3.05) is 31.1 Å². The number of para-hydroxylation sites is 1. The first-order valence-electron chi connectivity index (χ1n) is 8.43. The molecule has 118 valence electrons. The van der Waals surface area contributed by atoms with Crippen LogP contribution in [0.5, 0.6) is 0 Å². The van der Waals surface area contributed by atoms with Crippen LogP contribution in [-0.4, -0.2) is 42.4 Å². The van der Waals surface area contributed by atoms with Crippen LogP contribution in [0.15, 0.2) is 53.5 Å². The third-order valence-electron chi connectivity index (χ3n) is 4.62. The standard InChI is InChI=1S/C19H26N2S/c1-3-20(4-2)14-9-15-21-16-10-5-7-12-18(16)22-19-13-8-6-11-17(19)21/h5-8,10-13,16,18H,3-4,9,14-15H2,1-2H3. The van der Waals surface area contributed by atoms with Crippen molar-refractivity contribution in [2.24, 2.45) is 0 Å². The van der Waals surface area contributed by atoms with E-state index in [1.807, 2.05) is 11.8 Å². The molecular weight excluding hydrogens is 288 g/mol. The van der Waals surface area contributed by atoms with Gasteiger partial charge >= 0.3 is 0 Å². The van der Waals surface area contributed by atoms with Crippen LogP contribution in [0.1, 0.15) is 20.3 Å². The van der Waals surface area contributed by atoms with Gasteiger partial charge in [-0.2, -0.15) is 0 Å². The predicted molar refractivity (Wildman–Crippen MR) is 97.9 cm³/mol. The summed E-state index contributed by atoms with van der Waals surface area (Å²) in [5, 5.41) is 0.549. The van der Waals surface area contributed by atoms with Crippen molar-refractivity contribution >= 4 is 17.4 Å². The van der Waals surface area contributed by atoms with Crippen molar-refractivity contribution in [1.82, 2.24) is 4.90 Å². The zero-order valence-corrected chi connectivity index (χ0v) is 14.4. The van der Waals surface area contributed by atoms with Crippen molar-refractivity contribution in [2.45, 2.75) is 36.5 Å².